The topological polar surface area (TPSA) is 29.5 Å². The minimum absolute atomic E-state index is 0.299. The van der Waals surface area contributed by atoms with Gasteiger partial charge in [0.1, 0.15) is 12.4 Å². The van der Waals surface area contributed by atoms with E-state index in [0.717, 1.165) is 5.75 Å². The SMILES string of the molecule is OC(CS)COc1ccccc1. The van der Waals surface area contributed by atoms with Crippen molar-refractivity contribution in [1.29, 1.82) is 0 Å². The molecule has 1 aromatic carbocycles. The number of para-hydroxylation sites is 1. The molecule has 0 saturated heterocycles. The fraction of sp³-hybridized carbons (Fsp3) is 0.333. The maximum absolute atomic E-state index is 9.12. The molecule has 0 spiro atoms. The van der Waals surface area contributed by atoms with Crippen LogP contribution in [0.15, 0.2) is 30.3 Å². The van der Waals surface area contributed by atoms with Crippen molar-refractivity contribution >= 4 is 12.6 Å². The van der Waals surface area contributed by atoms with E-state index in [4.69, 9.17) is 9.84 Å². The lowest BCUT2D eigenvalue weighted by Crippen LogP contribution is -2.18. The Morgan fingerprint density at radius 2 is 2.00 bits per heavy atom. The highest BCUT2D eigenvalue weighted by Crippen LogP contribution is 2.08. The van der Waals surface area contributed by atoms with E-state index in [1.165, 1.54) is 0 Å². The first-order valence-electron chi connectivity index (χ1n) is 3.79. The maximum Gasteiger partial charge on any atom is 0.119 e. The third-order valence-corrected chi connectivity index (χ3v) is 1.82. The summed E-state index contributed by atoms with van der Waals surface area (Å²) in [4.78, 5) is 0. The van der Waals surface area contributed by atoms with E-state index in [-0.39, 0.29) is 0 Å². The largest absolute Gasteiger partial charge is 0.491 e. The van der Waals surface area contributed by atoms with Crippen molar-refractivity contribution in [3.63, 3.8) is 0 Å². The summed E-state index contributed by atoms with van der Waals surface area (Å²) in [6, 6.07) is 9.41. The highest BCUT2D eigenvalue weighted by Gasteiger charge is 2.00. The third kappa shape index (κ3) is 3.15. The number of hydrogen-bond donors (Lipinski definition) is 2. The summed E-state index contributed by atoms with van der Waals surface area (Å²) in [7, 11) is 0. The predicted molar refractivity (Wildman–Crippen MR) is 51.8 cm³/mol. The van der Waals surface area contributed by atoms with E-state index in [9.17, 15) is 0 Å². The number of aliphatic hydroxyl groups excluding tert-OH is 1. The molecule has 0 fully saturated rings. The fourth-order valence-electron chi connectivity index (χ4n) is 0.762. The third-order valence-electron chi connectivity index (χ3n) is 1.40. The van der Waals surface area contributed by atoms with Crippen LogP contribution in [0.5, 0.6) is 5.75 Å². The zero-order valence-corrected chi connectivity index (χ0v) is 7.58. The van der Waals surface area contributed by atoms with Gasteiger partial charge in [-0.3, -0.25) is 0 Å². The second kappa shape index (κ2) is 5.06. The fourth-order valence-corrected chi connectivity index (χ4v) is 0.867. The average molecular weight is 184 g/mol. The van der Waals surface area contributed by atoms with Gasteiger partial charge in [0, 0.05) is 5.75 Å². The molecule has 66 valence electrons. The molecule has 12 heavy (non-hydrogen) atoms. The van der Waals surface area contributed by atoms with Gasteiger partial charge in [-0.2, -0.15) is 12.6 Å². The molecule has 0 aromatic heterocycles. The molecule has 0 heterocycles. The van der Waals surface area contributed by atoms with Gasteiger partial charge in [-0.1, -0.05) is 18.2 Å². The van der Waals surface area contributed by atoms with E-state index >= 15 is 0 Å². The van der Waals surface area contributed by atoms with Gasteiger partial charge in [-0.15, -0.1) is 0 Å². The Hall–Kier alpha value is -0.670. The molecule has 2 nitrogen and oxygen atoms in total. The zero-order chi connectivity index (χ0) is 8.81. The van der Waals surface area contributed by atoms with Crippen LogP contribution in [0, 0.1) is 0 Å². The Labute approximate surface area is 77.6 Å². The van der Waals surface area contributed by atoms with E-state index < -0.39 is 6.10 Å². The molecule has 1 atom stereocenters. The van der Waals surface area contributed by atoms with Crippen LogP contribution in [0.3, 0.4) is 0 Å². The van der Waals surface area contributed by atoms with Crippen LogP contribution < -0.4 is 4.74 Å². The molecule has 0 radical (unpaired) electrons. The monoisotopic (exact) mass is 184 g/mol. The molecule has 0 aliphatic heterocycles. The standard InChI is InChI=1S/C9H12O2S/c10-8(7-12)6-11-9-4-2-1-3-5-9/h1-5,8,10,12H,6-7H2. The number of thiol groups is 1. The quantitative estimate of drug-likeness (QED) is 0.692. The molecule has 0 aliphatic carbocycles. The van der Waals surface area contributed by atoms with E-state index in [0.29, 0.717) is 12.4 Å². The number of ether oxygens (including phenoxy) is 1. The van der Waals surface area contributed by atoms with Crippen LogP contribution in [0.1, 0.15) is 0 Å². The highest BCUT2D eigenvalue weighted by molar-refractivity contribution is 7.80. The Balaban J connectivity index is 2.33. The Morgan fingerprint density at radius 1 is 1.33 bits per heavy atom. The van der Waals surface area contributed by atoms with Crippen LogP contribution in [0.25, 0.3) is 0 Å². The molecular weight excluding hydrogens is 172 g/mol. The van der Waals surface area contributed by atoms with Crippen LogP contribution in [0.4, 0.5) is 0 Å². The number of aliphatic hydroxyl groups is 1. The van der Waals surface area contributed by atoms with Gasteiger partial charge < -0.3 is 9.84 Å². The first-order chi connectivity index (χ1) is 5.83. The van der Waals surface area contributed by atoms with Crippen LogP contribution in [-0.2, 0) is 0 Å². The predicted octanol–water partition coefficient (Wildman–Crippen LogP) is 1.36. The summed E-state index contributed by atoms with van der Waals surface area (Å²) >= 11 is 3.93. The summed E-state index contributed by atoms with van der Waals surface area (Å²) in [5, 5.41) is 9.12. The molecule has 0 aliphatic rings. The minimum Gasteiger partial charge on any atom is -0.491 e. The lowest BCUT2D eigenvalue weighted by molar-refractivity contribution is 0.126. The molecule has 1 unspecified atom stereocenters. The molecule has 0 saturated carbocycles. The van der Waals surface area contributed by atoms with Crippen LogP contribution in [0.2, 0.25) is 0 Å². The first kappa shape index (κ1) is 9.42. The van der Waals surface area contributed by atoms with Crippen molar-refractivity contribution in [2.24, 2.45) is 0 Å². The maximum atomic E-state index is 9.12. The average Bonchev–Trinajstić information content (AvgIpc) is 2.16. The molecule has 1 aromatic rings. The lowest BCUT2D eigenvalue weighted by Gasteiger charge is -2.09. The normalized spacial score (nSPS) is 12.5. The van der Waals surface area contributed by atoms with Crippen molar-refractivity contribution in [3.8, 4) is 5.75 Å². The summed E-state index contributed by atoms with van der Waals surface area (Å²) in [5.41, 5.74) is 0. The van der Waals surface area contributed by atoms with Gasteiger partial charge in [0.05, 0.1) is 6.10 Å². The molecular formula is C9H12O2S. The molecule has 1 rings (SSSR count). The van der Waals surface area contributed by atoms with Crippen molar-refractivity contribution in [1.82, 2.24) is 0 Å². The van der Waals surface area contributed by atoms with Crippen molar-refractivity contribution < 1.29 is 9.84 Å². The van der Waals surface area contributed by atoms with Gasteiger partial charge in [0.25, 0.3) is 0 Å². The Kier molecular flexibility index (Phi) is 3.97. The highest BCUT2D eigenvalue weighted by atomic mass is 32.1. The first-order valence-corrected chi connectivity index (χ1v) is 4.43. The number of rotatable bonds is 4. The van der Waals surface area contributed by atoms with Gasteiger partial charge >= 0.3 is 0 Å². The number of hydrogen-bond acceptors (Lipinski definition) is 3. The van der Waals surface area contributed by atoms with E-state index in [2.05, 4.69) is 12.6 Å². The summed E-state index contributed by atoms with van der Waals surface area (Å²) in [6.07, 6.45) is -0.492. The van der Waals surface area contributed by atoms with Crippen LogP contribution >= 0.6 is 12.6 Å². The van der Waals surface area contributed by atoms with Gasteiger partial charge in [-0.25, -0.2) is 0 Å². The Morgan fingerprint density at radius 3 is 2.58 bits per heavy atom. The number of benzene rings is 1. The van der Waals surface area contributed by atoms with Crippen molar-refractivity contribution in [3.05, 3.63) is 30.3 Å². The molecule has 0 amide bonds. The van der Waals surface area contributed by atoms with Gasteiger partial charge in [-0.05, 0) is 12.1 Å². The smallest absolute Gasteiger partial charge is 0.119 e. The van der Waals surface area contributed by atoms with Crippen molar-refractivity contribution in [2.45, 2.75) is 6.10 Å². The second-order valence-electron chi connectivity index (χ2n) is 2.46. The van der Waals surface area contributed by atoms with Crippen molar-refractivity contribution in [2.75, 3.05) is 12.4 Å². The molecule has 0 bridgehead atoms. The van der Waals surface area contributed by atoms with Crippen LogP contribution in [-0.4, -0.2) is 23.6 Å². The lowest BCUT2D eigenvalue weighted by atomic mass is 10.3. The summed E-state index contributed by atoms with van der Waals surface area (Å²) in [5.74, 6) is 1.20. The minimum atomic E-state index is -0.492. The second-order valence-corrected chi connectivity index (χ2v) is 2.83. The summed E-state index contributed by atoms with van der Waals surface area (Å²) in [6.45, 7) is 0.299. The van der Waals surface area contributed by atoms with Gasteiger partial charge in [0.2, 0.25) is 0 Å². The molecule has 3 heteroatoms. The van der Waals surface area contributed by atoms with E-state index in [1.54, 1.807) is 0 Å². The Bertz CT molecular complexity index is 213. The molecule has 1 N–H and O–H groups in total. The zero-order valence-electron chi connectivity index (χ0n) is 6.68. The van der Waals surface area contributed by atoms with Gasteiger partial charge in [0.15, 0.2) is 0 Å². The summed E-state index contributed by atoms with van der Waals surface area (Å²) < 4.78 is 5.26. The van der Waals surface area contributed by atoms with E-state index in [1.807, 2.05) is 30.3 Å².